The first-order valence-corrected chi connectivity index (χ1v) is 14.8. The zero-order chi connectivity index (χ0) is 26.6. The Morgan fingerprint density at radius 1 is 0.675 bits per heavy atom. The van der Waals surface area contributed by atoms with Gasteiger partial charge in [0.2, 0.25) is 0 Å². The molecule has 5 heteroatoms. The van der Waals surface area contributed by atoms with Crippen molar-refractivity contribution < 1.29 is 0 Å². The molecule has 0 unspecified atom stereocenters. The molecular weight excluding hydrogens is 527 g/mol. The lowest BCUT2D eigenvalue weighted by Crippen LogP contribution is -2.04. The fourth-order valence-corrected chi connectivity index (χ4v) is 8.19. The predicted octanol–water partition coefficient (Wildman–Crippen LogP) is 9.78. The molecule has 2 aromatic heterocycles. The number of para-hydroxylation sites is 1. The summed E-state index contributed by atoms with van der Waals surface area (Å²) in [6, 6.07) is 40.7. The molecule has 3 heterocycles. The average molecular weight is 550 g/mol. The summed E-state index contributed by atoms with van der Waals surface area (Å²) in [5, 5.41) is 5.23. The molecule has 0 atom stereocenters. The van der Waals surface area contributed by atoms with Crippen molar-refractivity contribution in [2.45, 2.75) is 11.6 Å². The third-order valence-electron chi connectivity index (χ3n) is 7.64. The van der Waals surface area contributed by atoms with Crippen molar-refractivity contribution in [3.63, 3.8) is 0 Å². The van der Waals surface area contributed by atoms with E-state index >= 15 is 0 Å². The van der Waals surface area contributed by atoms with Gasteiger partial charge in [-0.3, -0.25) is 9.98 Å². The first-order chi connectivity index (χ1) is 19.8. The van der Waals surface area contributed by atoms with E-state index in [1.54, 1.807) is 11.8 Å². The van der Waals surface area contributed by atoms with Gasteiger partial charge in [0.15, 0.2) is 0 Å². The number of nitrogens with zero attached hydrogens (tertiary/aromatic N) is 3. The van der Waals surface area contributed by atoms with Crippen LogP contribution in [0.25, 0.3) is 47.7 Å². The summed E-state index contributed by atoms with van der Waals surface area (Å²) < 4.78 is 5.00. The highest BCUT2D eigenvalue weighted by molar-refractivity contribution is 8.05. The van der Waals surface area contributed by atoms with Crippen molar-refractivity contribution in [1.82, 2.24) is 4.57 Å². The van der Waals surface area contributed by atoms with Gasteiger partial charge in [-0.25, -0.2) is 0 Å². The predicted molar refractivity (Wildman–Crippen MR) is 174 cm³/mol. The van der Waals surface area contributed by atoms with Crippen molar-refractivity contribution in [2.75, 3.05) is 0 Å². The second kappa shape index (κ2) is 9.33. The van der Waals surface area contributed by atoms with Crippen LogP contribution >= 0.6 is 23.1 Å². The van der Waals surface area contributed by atoms with Gasteiger partial charge in [0, 0.05) is 47.0 Å². The molecule has 0 bridgehead atoms. The Morgan fingerprint density at radius 2 is 1.43 bits per heavy atom. The van der Waals surface area contributed by atoms with Crippen LogP contribution in [0.5, 0.6) is 0 Å². The Bertz CT molecular complexity index is 2180. The van der Waals surface area contributed by atoms with Gasteiger partial charge in [0.25, 0.3) is 0 Å². The van der Waals surface area contributed by atoms with E-state index in [-0.39, 0.29) is 0 Å². The zero-order valence-corrected chi connectivity index (χ0v) is 23.2. The fraction of sp³-hybridized carbons (Fsp3) is 0.0286. The van der Waals surface area contributed by atoms with Crippen molar-refractivity contribution >= 4 is 83.2 Å². The Morgan fingerprint density at radius 3 is 2.30 bits per heavy atom. The van der Waals surface area contributed by atoms with Crippen LogP contribution in [-0.2, 0) is 6.67 Å². The normalized spacial score (nSPS) is 15.4. The number of hydrogen-bond donors (Lipinski definition) is 0. The Labute approximate surface area is 239 Å². The van der Waals surface area contributed by atoms with Gasteiger partial charge in [-0.05, 0) is 37.0 Å². The first kappa shape index (κ1) is 23.4. The number of rotatable bonds is 4. The van der Waals surface area contributed by atoms with E-state index in [0.717, 1.165) is 27.4 Å². The van der Waals surface area contributed by atoms with Gasteiger partial charge in [0.05, 0.1) is 27.3 Å². The van der Waals surface area contributed by atoms with Crippen molar-refractivity contribution in [2.24, 2.45) is 9.98 Å². The lowest BCUT2D eigenvalue weighted by molar-refractivity contribution is 0.793. The van der Waals surface area contributed by atoms with Crippen LogP contribution in [0.15, 0.2) is 135 Å². The molecule has 3 nitrogen and oxygen atoms in total. The zero-order valence-electron chi connectivity index (χ0n) is 21.5. The van der Waals surface area contributed by atoms with Gasteiger partial charge in [-0.15, -0.1) is 11.3 Å². The summed E-state index contributed by atoms with van der Waals surface area (Å²) in [7, 11) is 0. The molecule has 1 aliphatic rings. The summed E-state index contributed by atoms with van der Waals surface area (Å²) in [6.45, 7) is 4.44. The van der Waals surface area contributed by atoms with Gasteiger partial charge in [-0.2, -0.15) is 0 Å². The third-order valence-corrected chi connectivity index (χ3v) is 9.94. The molecule has 0 saturated carbocycles. The molecule has 40 heavy (non-hydrogen) atoms. The van der Waals surface area contributed by atoms with Gasteiger partial charge in [0.1, 0.15) is 6.67 Å². The number of aromatic nitrogens is 1. The van der Waals surface area contributed by atoms with Crippen LogP contribution in [-0.4, -0.2) is 17.0 Å². The summed E-state index contributed by atoms with van der Waals surface area (Å²) in [5.74, 6) is 0. The molecule has 8 rings (SSSR count). The third kappa shape index (κ3) is 3.52. The SMILES string of the molecule is C=N/C(=C1/Sc2ccccc2/C1=N/Cn1c2ccccc2c2c3c(ccc21)sc1ccccc13)c1ccccc1. The Hall–Kier alpha value is -4.45. The Balaban J connectivity index is 1.37. The minimum atomic E-state index is 0.504. The topological polar surface area (TPSA) is 29.6 Å². The molecule has 190 valence electrons. The highest BCUT2D eigenvalue weighted by Gasteiger charge is 2.27. The molecule has 0 spiro atoms. The molecule has 7 aromatic rings. The molecule has 0 aliphatic carbocycles. The second-order valence-corrected chi connectivity index (χ2v) is 12.0. The molecule has 0 N–H and O–H groups in total. The largest absolute Gasteiger partial charge is 0.320 e. The number of thiophene rings is 1. The van der Waals surface area contributed by atoms with Crippen LogP contribution in [0.4, 0.5) is 0 Å². The minimum Gasteiger partial charge on any atom is -0.320 e. The molecule has 5 aromatic carbocycles. The second-order valence-electron chi connectivity index (χ2n) is 9.82. The highest BCUT2D eigenvalue weighted by atomic mass is 32.2. The van der Waals surface area contributed by atoms with E-state index in [9.17, 15) is 0 Å². The lowest BCUT2D eigenvalue weighted by Gasteiger charge is -2.09. The van der Waals surface area contributed by atoms with E-state index < -0.39 is 0 Å². The van der Waals surface area contributed by atoms with Crippen LogP contribution in [0.3, 0.4) is 0 Å². The number of hydrogen-bond acceptors (Lipinski definition) is 4. The van der Waals surface area contributed by atoms with Crippen molar-refractivity contribution in [3.05, 3.63) is 131 Å². The van der Waals surface area contributed by atoms with E-state index in [0.29, 0.717) is 6.67 Å². The number of allylic oxidation sites excluding steroid dienone is 1. The van der Waals surface area contributed by atoms with E-state index in [1.165, 1.54) is 46.9 Å². The molecule has 0 fully saturated rings. The Kier molecular flexibility index (Phi) is 5.47. The number of aliphatic imine (C=N–C) groups is 2. The molecule has 0 radical (unpaired) electrons. The maximum atomic E-state index is 5.33. The van der Waals surface area contributed by atoms with Crippen LogP contribution in [0.2, 0.25) is 0 Å². The van der Waals surface area contributed by atoms with E-state index in [1.807, 2.05) is 29.5 Å². The van der Waals surface area contributed by atoms with Gasteiger partial charge >= 0.3 is 0 Å². The standard InChI is InChI=1S/C35H23N3S2/c1-36-33(22-11-3-2-4-12-22)35-34(25-15-7-10-18-29(25)40-35)37-21-38-26-16-8-5-13-23(26)31-27(38)19-20-30-32(31)24-14-6-9-17-28(24)39-30/h2-20H,1,21H2/b35-33+,37-34-. The average Bonchev–Trinajstić information content (AvgIpc) is 3.66. The quantitative estimate of drug-likeness (QED) is 0.201. The summed E-state index contributed by atoms with van der Waals surface area (Å²) in [4.78, 5) is 12.1. The molecule has 0 amide bonds. The first-order valence-electron chi connectivity index (χ1n) is 13.2. The highest BCUT2D eigenvalue weighted by Crippen LogP contribution is 2.45. The van der Waals surface area contributed by atoms with E-state index in [4.69, 9.17) is 4.99 Å². The summed E-state index contributed by atoms with van der Waals surface area (Å²) in [6.07, 6.45) is 0. The smallest absolute Gasteiger partial charge is 0.115 e. The van der Waals surface area contributed by atoms with Gasteiger partial charge < -0.3 is 4.57 Å². The van der Waals surface area contributed by atoms with E-state index in [2.05, 4.69) is 113 Å². The number of thioether (sulfide) groups is 1. The maximum absolute atomic E-state index is 5.33. The summed E-state index contributed by atoms with van der Waals surface area (Å²) >= 11 is 3.59. The number of benzene rings is 5. The number of fused-ring (bicyclic) bond motifs is 8. The van der Waals surface area contributed by atoms with Crippen molar-refractivity contribution in [3.8, 4) is 0 Å². The van der Waals surface area contributed by atoms with Crippen LogP contribution in [0.1, 0.15) is 11.1 Å². The molecule has 1 aliphatic heterocycles. The minimum absolute atomic E-state index is 0.504. The van der Waals surface area contributed by atoms with Crippen LogP contribution in [0, 0.1) is 0 Å². The summed E-state index contributed by atoms with van der Waals surface area (Å²) in [5.41, 5.74) is 6.43. The molecular formula is C35H23N3S2. The van der Waals surface area contributed by atoms with Crippen molar-refractivity contribution in [1.29, 1.82) is 0 Å². The maximum Gasteiger partial charge on any atom is 0.115 e. The van der Waals surface area contributed by atoms with Gasteiger partial charge in [-0.1, -0.05) is 96.7 Å². The lowest BCUT2D eigenvalue weighted by atomic mass is 10.1. The molecule has 0 saturated heterocycles. The fourth-order valence-electron chi connectivity index (χ4n) is 5.89. The monoisotopic (exact) mass is 549 g/mol. The van der Waals surface area contributed by atoms with Crippen LogP contribution < -0.4 is 0 Å².